The summed E-state index contributed by atoms with van der Waals surface area (Å²) in [5.74, 6) is -0.00877. The van der Waals surface area contributed by atoms with E-state index in [-0.39, 0.29) is 5.88 Å². The minimum absolute atomic E-state index is 0.00877. The first kappa shape index (κ1) is 13.3. The fraction of sp³-hybridized carbons (Fsp3) is 0.500. The Morgan fingerprint density at radius 2 is 1.88 bits per heavy atom. The summed E-state index contributed by atoms with van der Waals surface area (Å²) < 4.78 is 43.3. The zero-order chi connectivity index (χ0) is 12.6. The van der Waals surface area contributed by atoms with Crippen molar-refractivity contribution in [1.82, 2.24) is 4.98 Å². The van der Waals surface area contributed by atoms with Crippen molar-refractivity contribution in [2.45, 2.75) is 32.5 Å². The van der Waals surface area contributed by atoms with Crippen molar-refractivity contribution in [2.75, 3.05) is 0 Å². The molecule has 0 aliphatic carbocycles. The molecular weight excluding hydrogens is 287 g/mol. The van der Waals surface area contributed by atoms with E-state index in [9.17, 15) is 13.2 Å². The molecule has 0 aromatic carbocycles. The number of aromatic nitrogens is 1. The van der Waals surface area contributed by atoms with Crippen LogP contribution in [0.25, 0.3) is 0 Å². The molecule has 0 unspecified atom stereocenters. The van der Waals surface area contributed by atoms with Crippen LogP contribution in [0.4, 0.5) is 13.2 Å². The molecule has 0 saturated carbocycles. The number of nitrogens with zero attached hydrogens (tertiary/aromatic N) is 1. The summed E-state index contributed by atoms with van der Waals surface area (Å²) in [6.07, 6.45) is -3.04. The Kier molecular flexibility index (Phi) is 3.52. The molecule has 0 amide bonds. The lowest BCUT2D eigenvalue weighted by Crippen LogP contribution is -2.44. The van der Waals surface area contributed by atoms with Crippen molar-refractivity contribution in [3.63, 3.8) is 0 Å². The molecule has 16 heavy (non-hydrogen) atoms. The first-order valence-corrected chi connectivity index (χ1v) is 5.31. The highest BCUT2D eigenvalue weighted by molar-refractivity contribution is 9.10. The average Bonchev–Trinajstić information content (AvgIpc) is 2.08. The zero-order valence-corrected chi connectivity index (χ0v) is 10.6. The first-order valence-electron chi connectivity index (χ1n) is 4.51. The van der Waals surface area contributed by atoms with Gasteiger partial charge >= 0.3 is 6.18 Å². The van der Waals surface area contributed by atoms with Gasteiger partial charge in [0, 0.05) is 16.2 Å². The van der Waals surface area contributed by atoms with Crippen LogP contribution in [-0.2, 0) is 0 Å². The second-order valence-corrected chi connectivity index (χ2v) is 4.80. The van der Waals surface area contributed by atoms with E-state index >= 15 is 0 Å². The summed E-state index contributed by atoms with van der Waals surface area (Å²) >= 11 is 3.18. The Labute approximate surface area is 100.0 Å². The van der Waals surface area contributed by atoms with Gasteiger partial charge in [-0.3, -0.25) is 0 Å². The number of hydrogen-bond donors (Lipinski definition) is 0. The second-order valence-electron chi connectivity index (χ2n) is 3.89. The molecule has 1 heterocycles. The van der Waals surface area contributed by atoms with Gasteiger partial charge in [-0.15, -0.1) is 0 Å². The van der Waals surface area contributed by atoms with E-state index in [4.69, 9.17) is 4.74 Å². The molecule has 0 spiro atoms. The molecule has 1 rings (SSSR count). The van der Waals surface area contributed by atoms with E-state index in [2.05, 4.69) is 20.9 Å². The summed E-state index contributed by atoms with van der Waals surface area (Å²) in [5.41, 5.74) is -1.70. The van der Waals surface area contributed by atoms with Crippen molar-refractivity contribution < 1.29 is 17.9 Å². The van der Waals surface area contributed by atoms with Gasteiger partial charge in [0.1, 0.15) is 0 Å². The van der Waals surface area contributed by atoms with Crippen LogP contribution >= 0.6 is 15.9 Å². The van der Waals surface area contributed by atoms with Gasteiger partial charge in [0.15, 0.2) is 5.60 Å². The number of halogens is 4. The molecule has 2 nitrogen and oxygen atoms in total. The largest absolute Gasteiger partial charge is 0.462 e. The predicted octanol–water partition coefficient (Wildman–Crippen LogP) is 3.87. The van der Waals surface area contributed by atoms with Crippen LogP contribution in [0, 0.1) is 6.92 Å². The van der Waals surface area contributed by atoms with Gasteiger partial charge in [0.05, 0.1) is 0 Å². The van der Waals surface area contributed by atoms with Gasteiger partial charge in [-0.25, -0.2) is 4.98 Å². The van der Waals surface area contributed by atoms with Crippen LogP contribution in [0.3, 0.4) is 0 Å². The minimum Gasteiger partial charge on any atom is -0.462 e. The molecule has 1 aromatic heterocycles. The third-order valence-electron chi connectivity index (χ3n) is 2.03. The van der Waals surface area contributed by atoms with Gasteiger partial charge in [0.2, 0.25) is 5.88 Å². The molecule has 0 saturated heterocycles. The molecule has 0 radical (unpaired) electrons. The van der Waals surface area contributed by atoms with E-state index in [0.717, 1.165) is 13.8 Å². The number of pyridine rings is 1. The second kappa shape index (κ2) is 4.24. The maximum absolute atomic E-state index is 12.6. The Morgan fingerprint density at radius 3 is 2.31 bits per heavy atom. The molecular formula is C10H11BrF3NO. The molecule has 6 heteroatoms. The Bertz CT molecular complexity index is 390. The molecule has 0 aliphatic heterocycles. The Balaban J connectivity index is 2.97. The number of rotatable bonds is 2. The summed E-state index contributed by atoms with van der Waals surface area (Å²) in [6.45, 7) is 3.58. The average molecular weight is 298 g/mol. The Morgan fingerprint density at radius 1 is 1.31 bits per heavy atom. The van der Waals surface area contributed by atoms with Crippen LogP contribution in [0.2, 0.25) is 0 Å². The third-order valence-corrected chi connectivity index (χ3v) is 2.47. The highest BCUT2D eigenvalue weighted by atomic mass is 79.9. The fourth-order valence-electron chi connectivity index (χ4n) is 0.934. The molecule has 1 aromatic rings. The zero-order valence-electron chi connectivity index (χ0n) is 9.02. The van der Waals surface area contributed by atoms with E-state index in [1.54, 1.807) is 13.0 Å². The van der Waals surface area contributed by atoms with E-state index < -0.39 is 11.8 Å². The van der Waals surface area contributed by atoms with Crippen LogP contribution in [0.1, 0.15) is 19.4 Å². The summed E-state index contributed by atoms with van der Waals surface area (Å²) in [4.78, 5) is 3.81. The summed E-state index contributed by atoms with van der Waals surface area (Å²) in [5, 5.41) is 0. The van der Waals surface area contributed by atoms with Gasteiger partial charge < -0.3 is 4.74 Å². The Hall–Kier alpha value is -0.780. The third kappa shape index (κ3) is 2.87. The van der Waals surface area contributed by atoms with Crippen LogP contribution in [-0.4, -0.2) is 16.8 Å². The molecule has 0 bridgehead atoms. The highest BCUT2D eigenvalue weighted by Crippen LogP contribution is 2.34. The molecule has 90 valence electrons. The van der Waals surface area contributed by atoms with Gasteiger partial charge in [-0.2, -0.15) is 13.2 Å². The molecule has 0 fully saturated rings. The fourth-order valence-corrected chi connectivity index (χ4v) is 1.38. The van der Waals surface area contributed by atoms with Crippen molar-refractivity contribution in [3.8, 4) is 5.88 Å². The number of hydrogen-bond acceptors (Lipinski definition) is 2. The monoisotopic (exact) mass is 297 g/mol. The quantitative estimate of drug-likeness (QED) is 0.827. The topological polar surface area (TPSA) is 22.1 Å². The van der Waals surface area contributed by atoms with Gasteiger partial charge in [0.25, 0.3) is 0 Å². The van der Waals surface area contributed by atoms with Crippen LogP contribution < -0.4 is 4.74 Å². The molecule has 0 aliphatic rings. The van der Waals surface area contributed by atoms with E-state index in [0.29, 0.717) is 10.0 Å². The maximum atomic E-state index is 12.6. The smallest absolute Gasteiger partial charge is 0.427 e. The SMILES string of the molecule is Cc1cc(Br)cnc1OC(C)(C)C(F)(F)F. The summed E-state index contributed by atoms with van der Waals surface area (Å²) in [7, 11) is 0. The van der Waals surface area contributed by atoms with Gasteiger partial charge in [-0.1, -0.05) is 0 Å². The molecule has 0 N–H and O–H groups in total. The van der Waals surface area contributed by atoms with E-state index in [1.165, 1.54) is 6.20 Å². The summed E-state index contributed by atoms with van der Waals surface area (Å²) in [6, 6.07) is 1.65. The van der Waals surface area contributed by atoms with Crippen molar-refractivity contribution in [1.29, 1.82) is 0 Å². The van der Waals surface area contributed by atoms with Crippen molar-refractivity contribution in [3.05, 3.63) is 22.3 Å². The number of aryl methyl sites for hydroxylation is 1. The van der Waals surface area contributed by atoms with E-state index in [1.807, 2.05) is 0 Å². The number of alkyl halides is 3. The highest BCUT2D eigenvalue weighted by Gasteiger charge is 2.50. The standard InChI is InChI=1S/C10H11BrF3NO/c1-6-4-7(11)5-15-8(6)16-9(2,3)10(12,13)14/h4-5H,1-3H3. The lowest BCUT2D eigenvalue weighted by molar-refractivity contribution is -0.235. The lowest BCUT2D eigenvalue weighted by atomic mass is 10.1. The number of ether oxygens (including phenoxy) is 1. The predicted molar refractivity (Wildman–Crippen MR) is 57.4 cm³/mol. The van der Waals surface area contributed by atoms with Crippen molar-refractivity contribution in [2.24, 2.45) is 0 Å². The van der Waals surface area contributed by atoms with Crippen LogP contribution in [0.5, 0.6) is 5.88 Å². The molecule has 0 atom stereocenters. The minimum atomic E-state index is -4.44. The normalized spacial score (nSPS) is 12.7. The van der Waals surface area contributed by atoms with Crippen molar-refractivity contribution >= 4 is 15.9 Å². The maximum Gasteiger partial charge on any atom is 0.427 e. The van der Waals surface area contributed by atoms with Crippen LogP contribution in [0.15, 0.2) is 16.7 Å². The first-order chi connectivity index (χ1) is 7.13. The van der Waals surface area contributed by atoms with Gasteiger partial charge in [-0.05, 0) is 42.8 Å². The lowest BCUT2D eigenvalue weighted by Gasteiger charge is -2.28.